The van der Waals surface area contributed by atoms with Crippen molar-refractivity contribution in [2.45, 2.75) is 49.3 Å². The number of hydrogen-bond acceptors (Lipinski definition) is 4. The van der Waals surface area contributed by atoms with Gasteiger partial charge in [0, 0.05) is 35.8 Å². The quantitative estimate of drug-likeness (QED) is 0.714. The third kappa shape index (κ3) is 5.93. The minimum absolute atomic E-state index is 0.118. The van der Waals surface area contributed by atoms with E-state index in [-0.39, 0.29) is 17.9 Å². The normalized spacial score (nSPS) is 16.3. The average Bonchev–Trinajstić information content (AvgIpc) is 3.07. The van der Waals surface area contributed by atoms with E-state index in [0.717, 1.165) is 17.7 Å². The van der Waals surface area contributed by atoms with E-state index in [1.807, 2.05) is 0 Å². The average molecular weight is 342 g/mol. The molecule has 1 aromatic heterocycles. The molecule has 1 aliphatic carbocycles. The second-order valence-corrected chi connectivity index (χ2v) is 7.78. The molecule has 0 amide bonds. The molecule has 0 saturated heterocycles. The fourth-order valence-electron chi connectivity index (χ4n) is 1.71. The van der Waals surface area contributed by atoms with Crippen molar-refractivity contribution in [3.05, 3.63) is 16.3 Å². The highest BCUT2D eigenvalue weighted by molar-refractivity contribution is 7.89. The highest BCUT2D eigenvalue weighted by Crippen LogP contribution is 2.23. The van der Waals surface area contributed by atoms with Gasteiger partial charge in [0.2, 0.25) is 10.0 Å². The minimum atomic E-state index is -4.25. The molecule has 4 nitrogen and oxygen atoms in total. The van der Waals surface area contributed by atoms with Crippen LogP contribution in [0.25, 0.3) is 0 Å². The van der Waals surface area contributed by atoms with E-state index in [4.69, 9.17) is 0 Å². The van der Waals surface area contributed by atoms with Crippen molar-refractivity contribution in [3.63, 3.8) is 0 Å². The number of hydrogen-bond donors (Lipinski definition) is 2. The molecule has 120 valence electrons. The molecule has 1 saturated carbocycles. The molecule has 1 fully saturated rings. The van der Waals surface area contributed by atoms with Gasteiger partial charge < -0.3 is 5.32 Å². The van der Waals surface area contributed by atoms with Crippen LogP contribution in [0.5, 0.6) is 0 Å². The van der Waals surface area contributed by atoms with Gasteiger partial charge in [0.05, 0.1) is 4.90 Å². The van der Waals surface area contributed by atoms with Crippen LogP contribution >= 0.6 is 11.3 Å². The lowest BCUT2D eigenvalue weighted by Crippen LogP contribution is -2.25. The second kappa shape index (κ2) is 6.64. The van der Waals surface area contributed by atoms with Gasteiger partial charge in [0.1, 0.15) is 0 Å². The van der Waals surface area contributed by atoms with Crippen molar-refractivity contribution in [2.75, 3.05) is 6.54 Å². The molecule has 9 heteroatoms. The summed E-state index contributed by atoms with van der Waals surface area (Å²) < 4.78 is 61.9. The lowest BCUT2D eigenvalue weighted by atomic mass is 10.3. The zero-order valence-electron chi connectivity index (χ0n) is 11.2. The van der Waals surface area contributed by atoms with Crippen molar-refractivity contribution >= 4 is 21.4 Å². The highest BCUT2D eigenvalue weighted by Gasteiger charge is 2.26. The number of nitrogens with one attached hydrogen (secondary N) is 2. The van der Waals surface area contributed by atoms with Gasteiger partial charge in [-0.05, 0) is 25.3 Å². The Kier molecular flexibility index (Phi) is 5.29. The van der Waals surface area contributed by atoms with Gasteiger partial charge in [0.25, 0.3) is 0 Å². The summed E-state index contributed by atoms with van der Waals surface area (Å²) >= 11 is 1.33. The Bertz CT molecular complexity index is 565. The first-order valence-electron chi connectivity index (χ1n) is 6.63. The first-order valence-corrected chi connectivity index (χ1v) is 9.00. The van der Waals surface area contributed by atoms with Crippen molar-refractivity contribution in [2.24, 2.45) is 0 Å². The van der Waals surface area contributed by atoms with Crippen LogP contribution in [0.15, 0.2) is 16.3 Å². The molecule has 0 bridgehead atoms. The number of halogens is 3. The smallest absolute Gasteiger partial charge is 0.309 e. The monoisotopic (exact) mass is 342 g/mol. The van der Waals surface area contributed by atoms with Gasteiger partial charge in [-0.1, -0.05) is 0 Å². The first-order chi connectivity index (χ1) is 9.76. The number of rotatable bonds is 8. The Balaban J connectivity index is 1.80. The molecule has 0 aliphatic heterocycles. The van der Waals surface area contributed by atoms with E-state index in [1.165, 1.54) is 16.7 Å². The lowest BCUT2D eigenvalue weighted by molar-refractivity contribution is -0.135. The summed E-state index contributed by atoms with van der Waals surface area (Å²) in [6.07, 6.45) is -3.21. The van der Waals surface area contributed by atoms with Gasteiger partial charge in [-0.3, -0.25) is 0 Å². The molecule has 2 rings (SSSR count). The van der Waals surface area contributed by atoms with E-state index in [1.54, 1.807) is 6.07 Å². The number of thiophene rings is 1. The molecular weight excluding hydrogens is 325 g/mol. The fourth-order valence-corrected chi connectivity index (χ4v) is 4.01. The molecule has 0 unspecified atom stereocenters. The van der Waals surface area contributed by atoms with E-state index in [2.05, 4.69) is 10.0 Å². The molecule has 1 aromatic rings. The zero-order chi connectivity index (χ0) is 15.5. The Morgan fingerprint density at radius 1 is 1.33 bits per heavy atom. The molecule has 0 radical (unpaired) electrons. The summed E-state index contributed by atoms with van der Waals surface area (Å²) in [4.78, 5) is 1.02. The summed E-state index contributed by atoms with van der Waals surface area (Å²) in [7, 11) is -3.71. The van der Waals surface area contributed by atoms with Crippen molar-refractivity contribution in [3.8, 4) is 0 Å². The third-order valence-corrected chi connectivity index (χ3v) is 5.54. The third-order valence-electron chi connectivity index (χ3n) is 3.01. The standard InChI is InChI=1S/C12H17F3N2O2S2/c13-12(14,15)4-1-5-17-21(18,19)11-6-10(20-8-11)7-16-9-2-3-9/h6,8-9,16-17H,1-5,7H2. The van der Waals surface area contributed by atoms with Crippen LogP contribution in [0.4, 0.5) is 13.2 Å². The maximum atomic E-state index is 12.0. The molecule has 21 heavy (non-hydrogen) atoms. The van der Waals surface area contributed by atoms with Gasteiger partial charge in [-0.2, -0.15) is 13.2 Å². The summed E-state index contributed by atoms with van der Waals surface area (Å²) in [6.45, 7) is 0.409. The fraction of sp³-hybridized carbons (Fsp3) is 0.667. The van der Waals surface area contributed by atoms with Crippen LogP contribution in [0.3, 0.4) is 0 Å². The molecule has 2 N–H and O–H groups in total. The SMILES string of the molecule is O=S(=O)(NCCCC(F)(F)F)c1csc(CNC2CC2)c1. The topological polar surface area (TPSA) is 58.2 Å². The largest absolute Gasteiger partial charge is 0.389 e. The maximum absolute atomic E-state index is 12.0. The van der Waals surface area contributed by atoms with Crippen LogP contribution < -0.4 is 10.0 Å². The van der Waals surface area contributed by atoms with E-state index in [9.17, 15) is 21.6 Å². The zero-order valence-corrected chi connectivity index (χ0v) is 12.9. The summed E-state index contributed by atoms with van der Waals surface area (Å²) in [6, 6.07) is 2.10. The van der Waals surface area contributed by atoms with Gasteiger partial charge >= 0.3 is 6.18 Å². The Morgan fingerprint density at radius 2 is 2.05 bits per heavy atom. The van der Waals surface area contributed by atoms with E-state index >= 15 is 0 Å². The Morgan fingerprint density at radius 3 is 2.67 bits per heavy atom. The van der Waals surface area contributed by atoms with Gasteiger partial charge in [0.15, 0.2) is 0 Å². The Labute approximate surface area is 125 Å². The minimum Gasteiger partial charge on any atom is -0.309 e. The van der Waals surface area contributed by atoms with E-state index in [0.29, 0.717) is 12.6 Å². The Hall–Kier alpha value is -0.640. The second-order valence-electron chi connectivity index (χ2n) is 5.02. The van der Waals surface area contributed by atoms with Crippen molar-refractivity contribution in [1.82, 2.24) is 10.0 Å². The molecule has 0 aromatic carbocycles. The molecule has 1 aliphatic rings. The number of alkyl halides is 3. The number of sulfonamides is 1. The summed E-state index contributed by atoms with van der Waals surface area (Å²) in [5, 5.41) is 4.79. The van der Waals surface area contributed by atoms with Crippen molar-refractivity contribution in [1.29, 1.82) is 0 Å². The van der Waals surface area contributed by atoms with Crippen LogP contribution in [0.1, 0.15) is 30.6 Å². The highest BCUT2D eigenvalue weighted by atomic mass is 32.2. The molecule has 0 atom stereocenters. The molecule has 1 heterocycles. The molecule has 0 spiro atoms. The summed E-state index contributed by atoms with van der Waals surface area (Å²) in [5.74, 6) is 0. The van der Waals surface area contributed by atoms with Crippen LogP contribution in [0, 0.1) is 0 Å². The van der Waals surface area contributed by atoms with Gasteiger partial charge in [-0.15, -0.1) is 11.3 Å². The summed E-state index contributed by atoms with van der Waals surface area (Å²) in [5.41, 5.74) is 0. The predicted molar refractivity (Wildman–Crippen MR) is 74.7 cm³/mol. The van der Waals surface area contributed by atoms with Crippen molar-refractivity contribution < 1.29 is 21.6 Å². The maximum Gasteiger partial charge on any atom is 0.389 e. The van der Waals surface area contributed by atoms with E-state index < -0.39 is 22.6 Å². The van der Waals surface area contributed by atoms with Gasteiger partial charge in [-0.25, -0.2) is 13.1 Å². The molecular formula is C12H17F3N2O2S2. The van der Waals surface area contributed by atoms with Crippen LogP contribution in [-0.4, -0.2) is 27.2 Å². The van der Waals surface area contributed by atoms with Crippen LogP contribution in [-0.2, 0) is 16.6 Å². The lowest BCUT2D eigenvalue weighted by Gasteiger charge is -2.07. The predicted octanol–water partition coefficient (Wildman–Crippen LogP) is 2.62. The van der Waals surface area contributed by atoms with Crippen LogP contribution in [0.2, 0.25) is 0 Å². The first kappa shape index (κ1) is 16.7.